The SMILES string of the molecule is CN(Cc1cccc(F)c1)Cc1cccc(C#CCN)c1. The molecule has 0 unspecified atom stereocenters. The summed E-state index contributed by atoms with van der Waals surface area (Å²) in [7, 11) is 2.02. The summed E-state index contributed by atoms with van der Waals surface area (Å²) < 4.78 is 13.2. The minimum Gasteiger partial charge on any atom is -0.320 e. The molecule has 2 aromatic carbocycles. The van der Waals surface area contributed by atoms with Gasteiger partial charge < -0.3 is 5.73 Å². The van der Waals surface area contributed by atoms with Crippen LogP contribution in [0.3, 0.4) is 0 Å². The van der Waals surface area contributed by atoms with Crippen molar-refractivity contribution < 1.29 is 4.39 Å². The number of rotatable bonds is 4. The molecule has 0 heterocycles. The lowest BCUT2D eigenvalue weighted by atomic mass is 10.1. The molecule has 0 fully saturated rings. The molecule has 0 aromatic heterocycles. The average Bonchev–Trinajstić information content (AvgIpc) is 2.45. The lowest BCUT2D eigenvalue weighted by Gasteiger charge is -2.17. The van der Waals surface area contributed by atoms with Gasteiger partial charge in [0.1, 0.15) is 5.82 Å². The first-order valence-electron chi connectivity index (χ1n) is 6.88. The number of nitrogens with zero attached hydrogens (tertiary/aromatic N) is 1. The first-order valence-corrected chi connectivity index (χ1v) is 6.88. The zero-order valence-electron chi connectivity index (χ0n) is 12.1. The Hall–Kier alpha value is -2.15. The van der Waals surface area contributed by atoms with Gasteiger partial charge in [-0.25, -0.2) is 4.39 Å². The van der Waals surface area contributed by atoms with Crippen molar-refractivity contribution in [2.75, 3.05) is 13.6 Å². The molecule has 0 amide bonds. The fraction of sp³-hybridized carbons (Fsp3) is 0.222. The zero-order chi connectivity index (χ0) is 15.1. The Balaban J connectivity index is 2.00. The molecular weight excluding hydrogens is 263 g/mol. The standard InChI is InChI=1S/C18H19FN2/c1-21(14-17-7-3-9-18(19)12-17)13-16-6-2-5-15(11-16)8-4-10-20/h2-3,5-7,9,11-12H,10,13-14,20H2,1H3. The van der Waals surface area contributed by atoms with Gasteiger partial charge in [-0.3, -0.25) is 4.90 Å². The van der Waals surface area contributed by atoms with Crippen molar-refractivity contribution in [2.24, 2.45) is 5.73 Å². The number of halogens is 1. The van der Waals surface area contributed by atoms with Gasteiger partial charge in [0.2, 0.25) is 0 Å². The van der Waals surface area contributed by atoms with Crippen molar-refractivity contribution in [1.29, 1.82) is 0 Å². The molecule has 0 spiro atoms. The summed E-state index contributed by atoms with van der Waals surface area (Å²) in [4.78, 5) is 2.14. The van der Waals surface area contributed by atoms with Crippen molar-refractivity contribution in [2.45, 2.75) is 13.1 Å². The molecule has 0 saturated heterocycles. The van der Waals surface area contributed by atoms with Crippen LogP contribution in [-0.2, 0) is 13.1 Å². The van der Waals surface area contributed by atoms with Gasteiger partial charge in [-0.05, 0) is 42.4 Å². The van der Waals surface area contributed by atoms with Gasteiger partial charge in [-0.15, -0.1) is 0 Å². The van der Waals surface area contributed by atoms with Gasteiger partial charge in [0, 0.05) is 18.7 Å². The van der Waals surface area contributed by atoms with Crippen LogP contribution in [-0.4, -0.2) is 18.5 Å². The van der Waals surface area contributed by atoms with Crippen LogP contribution in [0.1, 0.15) is 16.7 Å². The van der Waals surface area contributed by atoms with E-state index in [4.69, 9.17) is 5.73 Å². The first kappa shape index (κ1) is 15.2. The Morgan fingerprint density at radius 3 is 2.38 bits per heavy atom. The molecular formula is C18H19FN2. The number of hydrogen-bond acceptors (Lipinski definition) is 2. The van der Waals surface area contributed by atoms with Gasteiger partial charge >= 0.3 is 0 Å². The molecule has 2 rings (SSSR count). The highest BCUT2D eigenvalue weighted by atomic mass is 19.1. The van der Waals surface area contributed by atoms with Crippen LogP contribution >= 0.6 is 0 Å². The lowest BCUT2D eigenvalue weighted by molar-refractivity contribution is 0.318. The molecule has 2 nitrogen and oxygen atoms in total. The van der Waals surface area contributed by atoms with E-state index in [1.54, 1.807) is 12.1 Å². The highest BCUT2D eigenvalue weighted by Gasteiger charge is 2.03. The average molecular weight is 282 g/mol. The highest BCUT2D eigenvalue weighted by molar-refractivity contribution is 5.37. The van der Waals surface area contributed by atoms with Crippen molar-refractivity contribution in [3.05, 3.63) is 71.0 Å². The minimum absolute atomic E-state index is 0.194. The fourth-order valence-electron chi connectivity index (χ4n) is 2.22. The van der Waals surface area contributed by atoms with Gasteiger partial charge in [0.25, 0.3) is 0 Å². The summed E-state index contributed by atoms with van der Waals surface area (Å²) >= 11 is 0. The summed E-state index contributed by atoms with van der Waals surface area (Å²) in [6.45, 7) is 1.86. The van der Waals surface area contributed by atoms with E-state index in [-0.39, 0.29) is 5.82 Å². The Morgan fingerprint density at radius 1 is 1.05 bits per heavy atom. The predicted octanol–water partition coefficient (Wildman–Crippen LogP) is 2.77. The molecule has 0 aliphatic heterocycles. The van der Waals surface area contributed by atoms with E-state index >= 15 is 0 Å². The summed E-state index contributed by atoms with van der Waals surface area (Å²) in [5.41, 5.74) is 8.50. The lowest BCUT2D eigenvalue weighted by Crippen LogP contribution is -2.17. The van der Waals surface area contributed by atoms with Crippen LogP contribution < -0.4 is 5.73 Å². The summed E-state index contributed by atoms with van der Waals surface area (Å²) in [5, 5.41) is 0. The Morgan fingerprint density at radius 2 is 1.71 bits per heavy atom. The Labute approximate surface area is 125 Å². The normalized spacial score (nSPS) is 10.3. The smallest absolute Gasteiger partial charge is 0.123 e. The van der Waals surface area contributed by atoms with Gasteiger partial charge in [-0.1, -0.05) is 36.1 Å². The number of hydrogen-bond donors (Lipinski definition) is 1. The molecule has 3 heteroatoms. The third-order valence-corrected chi connectivity index (χ3v) is 3.06. The molecule has 2 aromatic rings. The van der Waals surface area contributed by atoms with E-state index in [1.807, 2.05) is 25.2 Å². The van der Waals surface area contributed by atoms with E-state index in [0.717, 1.165) is 17.7 Å². The van der Waals surface area contributed by atoms with Crippen LogP contribution in [0.5, 0.6) is 0 Å². The van der Waals surface area contributed by atoms with Crippen LogP contribution in [0.4, 0.5) is 4.39 Å². The second kappa shape index (κ2) is 7.58. The second-order valence-corrected chi connectivity index (χ2v) is 5.01. The maximum atomic E-state index is 13.2. The summed E-state index contributed by atoms with van der Waals surface area (Å²) in [5.74, 6) is 5.69. The quantitative estimate of drug-likeness (QED) is 0.874. The van der Waals surface area contributed by atoms with Crippen molar-refractivity contribution in [3.8, 4) is 11.8 Å². The minimum atomic E-state index is -0.194. The van der Waals surface area contributed by atoms with E-state index in [9.17, 15) is 4.39 Å². The van der Waals surface area contributed by atoms with Crippen LogP contribution in [0.2, 0.25) is 0 Å². The first-order chi connectivity index (χ1) is 10.2. The van der Waals surface area contributed by atoms with E-state index < -0.39 is 0 Å². The summed E-state index contributed by atoms with van der Waals surface area (Å²) in [6, 6.07) is 14.8. The third kappa shape index (κ3) is 5.03. The van der Waals surface area contributed by atoms with Crippen LogP contribution in [0.15, 0.2) is 48.5 Å². The van der Waals surface area contributed by atoms with Gasteiger partial charge in [-0.2, -0.15) is 0 Å². The van der Waals surface area contributed by atoms with E-state index in [1.165, 1.54) is 11.6 Å². The number of benzene rings is 2. The van der Waals surface area contributed by atoms with Crippen molar-refractivity contribution in [1.82, 2.24) is 4.90 Å². The van der Waals surface area contributed by atoms with Crippen molar-refractivity contribution >= 4 is 0 Å². The van der Waals surface area contributed by atoms with E-state index in [2.05, 4.69) is 28.9 Å². The Kier molecular flexibility index (Phi) is 5.51. The van der Waals surface area contributed by atoms with Gasteiger partial charge in [0.05, 0.1) is 6.54 Å². The Bertz CT molecular complexity index is 656. The molecule has 2 N–H and O–H groups in total. The zero-order valence-corrected chi connectivity index (χ0v) is 12.1. The molecule has 0 aliphatic rings. The second-order valence-electron chi connectivity index (χ2n) is 5.01. The predicted molar refractivity (Wildman–Crippen MR) is 83.9 cm³/mol. The largest absolute Gasteiger partial charge is 0.320 e. The third-order valence-electron chi connectivity index (χ3n) is 3.06. The van der Waals surface area contributed by atoms with Crippen LogP contribution in [0.25, 0.3) is 0 Å². The van der Waals surface area contributed by atoms with Gasteiger partial charge in [0.15, 0.2) is 0 Å². The summed E-state index contributed by atoms with van der Waals surface area (Å²) in [6.07, 6.45) is 0. The van der Waals surface area contributed by atoms with Crippen molar-refractivity contribution in [3.63, 3.8) is 0 Å². The van der Waals surface area contributed by atoms with E-state index in [0.29, 0.717) is 13.1 Å². The topological polar surface area (TPSA) is 29.3 Å². The molecule has 0 atom stereocenters. The monoisotopic (exact) mass is 282 g/mol. The maximum Gasteiger partial charge on any atom is 0.123 e. The molecule has 21 heavy (non-hydrogen) atoms. The molecule has 0 aliphatic carbocycles. The highest BCUT2D eigenvalue weighted by Crippen LogP contribution is 2.11. The molecule has 0 radical (unpaired) electrons. The van der Waals surface area contributed by atoms with Crippen LogP contribution in [0, 0.1) is 17.7 Å². The maximum absolute atomic E-state index is 13.2. The number of nitrogens with two attached hydrogens (primary N) is 1. The molecule has 108 valence electrons. The fourth-order valence-corrected chi connectivity index (χ4v) is 2.22. The molecule has 0 saturated carbocycles. The molecule has 0 bridgehead atoms.